The van der Waals surface area contributed by atoms with E-state index in [9.17, 15) is 0 Å². The van der Waals surface area contributed by atoms with Gasteiger partial charge in [-0.05, 0) is 31.0 Å². The Hall–Kier alpha value is -2.26. The lowest BCUT2D eigenvalue weighted by Crippen LogP contribution is -2.22. The largest absolute Gasteiger partial charge is 0.382 e. The van der Waals surface area contributed by atoms with Gasteiger partial charge in [-0.1, -0.05) is 11.6 Å². The van der Waals surface area contributed by atoms with Gasteiger partial charge in [0.05, 0.1) is 16.4 Å². The zero-order valence-corrected chi connectivity index (χ0v) is 11.6. The number of anilines is 2. The number of rotatable bonds is 4. The lowest BCUT2D eigenvalue weighted by atomic mass is 10.2. The Morgan fingerprint density at radius 2 is 2.15 bits per heavy atom. The summed E-state index contributed by atoms with van der Waals surface area (Å²) in [5.74, 6) is -0.375. The van der Waals surface area contributed by atoms with Crippen molar-refractivity contribution in [3.8, 4) is 6.07 Å². The molecule has 6 nitrogen and oxygen atoms in total. The predicted octanol–water partition coefficient (Wildman–Crippen LogP) is 2.17. The number of halogens is 1. The Morgan fingerprint density at radius 3 is 2.70 bits per heavy atom. The fourth-order valence-corrected chi connectivity index (χ4v) is 2.36. The molecule has 0 aromatic heterocycles. The second-order valence-corrected chi connectivity index (χ2v) is 4.87. The Balaban J connectivity index is 2.13. The summed E-state index contributed by atoms with van der Waals surface area (Å²) in [4.78, 5) is 2.24. The summed E-state index contributed by atoms with van der Waals surface area (Å²) >= 11 is 6.26. The molecule has 1 aromatic carbocycles. The van der Waals surface area contributed by atoms with E-state index in [2.05, 4.69) is 15.4 Å². The summed E-state index contributed by atoms with van der Waals surface area (Å²) in [5.41, 5.74) is 9.37. The van der Waals surface area contributed by atoms with Crippen LogP contribution in [0.25, 0.3) is 0 Å². The molecular formula is C13H15ClN6. The van der Waals surface area contributed by atoms with Gasteiger partial charge in [-0.25, -0.2) is 0 Å². The maximum atomic E-state index is 8.74. The predicted molar refractivity (Wildman–Crippen MR) is 81.5 cm³/mol. The fraction of sp³-hybridized carbons (Fsp3) is 0.308. The van der Waals surface area contributed by atoms with Crippen molar-refractivity contribution in [1.82, 2.24) is 0 Å². The van der Waals surface area contributed by atoms with E-state index in [1.165, 1.54) is 12.8 Å². The average molecular weight is 291 g/mol. The van der Waals surface area contributed by atoms with Crippen molar-refractivity contribution in [3.63, 3.8) is 0 Å². The van der Waals surface area contributed by atoms with Crippen LogP contribution in [0.4, 0.5) is 11.4 Å². The second-order valence-electron chi connectivity index (χ2n) is 4.46. The minimum atomic E-state index is -0.375. The van der Waals surface area contributed by atoms with Crippen LogP contribution in [0.1, 0.15) is 12.8 Å². The molecule has 1 aliphatic rings. The molecule has 0 amide bonds. The zero-order valence-electron chi connectivity index (χ0n) is 10.9. The summed E-state index contributed by atoms with van der Waals surface area (Å²) in [6.07, 6.45) is 2.37. The first-order valence-corrected chi connectivity index (χ1v) is 6.62. The molecule has 0 bridgehead atoms. The molecular weight excluding hydrogens is 276 g/mol. The van der Waals surface area contributed by atoms with Gasteiger partial charge in [0.1, 0.15) is 6.07 Å². The molecule has 1 aliphatic heterocycles. The number of benzene rings is 1. The third kappa shape index (κ3) is 3.19. The van der Waals surface area contributed by atoms with Gasteiger partial charge in [0.2, 0.25) is 5.71 Å². The number of hydrogen-bond acceptors (Lipinski definition) is 5. The van der Waals surface area contributed by atoms with Gasteiger partial charge in [0.25, 0.3) is 0 Å². The zero-order chi connectivity index (χ0) is 14.5. The van der Waals surface area contributed by atoms with Crippen LogP contribution in [0.5, 0.6) is 0 Å². The molecule has 0 unspecified atom stereocenters. The topological polar surface area (TPSA) is 101 Å². The van der Waals surface area contributed by atoms with E-state index in [4.69, 9.17) is 28.0 Å². The van der Waals surface area contributed by atoms with Crippen molar-refractivity contribution in [1.29, 1.82) is 10.7 Å². The molecule has 4 N–H and O–H groups in total. The van der Waals surface area contributed by atoms with Gasteiger partial charge in [-0.15, -0.1) is 0 Å². The molecule has 0 spiro atoms. The molecule has 1 fully saturated rings. The van der Waals surface area contributed by atoms with Crippen molar-refractivity contribution in [2.45, 2.75) is 12.8 Å². The van der Waals surface area contributed by atoms with Crippen LogP contribution in [-0.2, 0) is 0 Å². The second kappa shape index (κ2) is 6.26. The Labute approximate surface area is 122 Å². The van der Waals surface area contributed by atoms with Crippen molar-refractivity contribution < 1.29 is 0 Å². The third-order valence-electron chi connectivity index (χ3n) is 3.05. The number of nitriles is 1. The molecule has 1 heterocycles. The van der Waals surface area contributed by atoms with Crippen molar-refractivity contribution in [2.24, 2.45) is 10.8 Å². The van der Waals surface area contributed by atoms with E-state index in [1.54, 1.807) is 12.1 Å². The van der Waals surface area contributed by atoms with E-state index in [0.717, 1.165) is 18.8 Å². The highest BCUT2D eigenvalue weighted by molar-refractivity contribution is 6.45. The number of nitrogens with two attached hydrogens (primary N) is 1. The monoisotopic (exact) mass is 290 g/mol. The van der Waals surface area contributed by atoms with Crippen LogP contribution >= 0.6 is 11.6 Å². The third-order valence-corrected chi connectivity index (χ3v) is 3.35. The molecule has 2 rings (SSSR count). The minimum absolute atomic E-state index is 0.162. The first-order valence-electron chi connectivity index (χ1n) is 6.24. The van der Waals surface area contributed by atoms with Crippen LogP contribution in [0.15, 0.2) is 23.3 Å². The number of nitrogens with one attached hydrogen (secondary N) is 2. The minimum Gasteiger partial charge on any atom is -0.382 e. The Bertz CT molecular complexity index is 583. The molecule has 0 saturated carbocycles. The van der Waals surface area contributed by atoms with Crippen molar-refractivity contribution in [2.75, 3.05) is 23.4 Å². The lowest BCUT2D eigenvalue weighted by Gasteiger charge is -2.19. The van der Waals surface area contributed by atoms with Gasteiger partial charge < -0.3 is 10.6 Å². The molecule has 104 valence electrons. The van der Waals surface area contributed by atoms with Gasteiger partial charge in [-0.3, -0.25) is 10.8 Å². The van der Waals surface area contributed by atoms with Gasteiger partial charge in [-0.2, -0.15) is 10.4 Å². The average Bonchev–Trinajstić information content (AvgIpc) is 2.93. The van der Waals surface area contributed by atoms with E-state index in [0.29, 0.717) is 10.7 Å². The number of nitrogens with zero attached hydrogens (tertiary/aromatic N) is 3. The van der Waals surface area contributed by atoms with E-state index < -0.39 is 0 Å². The molecule has 7 heteroatoms. The summed E-state index contributed by atoms with van der Waals surface area (Å²) in [6.45, 7) is 2.04. The highest BCUT2D eigenvalue weighted by Gasteiger charge is 2.15. The first kappa shape index (κ1) is 14.2. The summed E-state index contributed by atoms with van der Waals surface area (Å²) in [7, 11) is 0. The van der Waals surface area contributed by atoms with Crippen LogP contribution in [0.3, 0.4) is 0 Å². The summed E-state index contributed by atoms with van der Waals surface area (Å²) in [6, 6.07) is 7.24. The normalized spacial score (nSPS) is 15.0. The maximum absolute atomic E-state index is 8.74. The molecule has 1 saturated heterocycles. The van der Waals surface area contributed by atoms with Gasteiger partial charge in [0, 0.05) is 13.1 Å². The quantitative estimate of drug-likeness (QED) is 0.449. The number of hydrazone groups is 1. The highest BCUT2D eigenvalue weighted by atomic mass is 35.5. The Kier molecular flexibility index (Phi) is 4.43. The van der Waals surface area contributed by atoms with Gasteiger partial charge in [0.15, 0.2) is 5.84 Å². The van der Waals surface area contributed by atoms with Crippen LogP contribution in [-0.4, -0.2) is 24.6 Å². The van der Waals surface area contributed by atoms with Crippen LogP contribution in [0.2, 0.25) is 5.02 Å². The number of hydrogen-bond donors (Lipinski definition) is 3. The van der Waals surface area contributed by atoms with E-state index in [1.807, 2.05) is 12.1 Å². The summed E-state index contributed by atoms with van der Waals surface area (Å²) < 4.78 is 0. The fourth-order valence-electron chi connectivity index (χ4n) is 2.06. The Morgan fingerprint density at radius 1 is 1.45 bits per heavy atom. The summed E-state index contributed by atoms with van der Waals surface area (Å²) in [5, 5.41) is 20.3. The molecule has 20 heavy (non-hydrogen) atoms. The molecule has 0 radical (unpaired) electrons. The maximum Gasteiger partial charge on any atom is 0.201 e. The SMILES string of the molecule is N#C/C(=N\Nc1ccc(N2CCCC2)c(Cl)c1)C(=N)N. The van der Waals surface area contributed by atoms with Crippen LogP contribution < -0.4 is 16.1 Å². The van der Waals surface area contributed by atoms with Crippen molar-refractivity contribution in [3.05, 3.63) is 23.2 Å². The standard InChI is InChI=1S/C13H15ClN6/c14-10-7-9(18-19-11(8-15)13(16)17)3-4-12(10)20-5-1-2-6-20/h3-4,7,18H,1-2,5-6H2,(H3,16,17)/b19-11+. The van der Waals surface area contributed by atoms with Crippen molar-refractivity contribution >= 4 is 34.5 Å². The van der Waals surface area contributed by atoms with E-state index >= 15 is 0 Å². The smallest absolute Gasteiger partial charge is 0.201 e. The number of amidine groups is 1. The van der Waals surface area contributed by atoms with E-state index in [-0.39, 0.29) is 11.5 Å². The molecule has 1 aromatic rings. The lowest BCUT2D eigenvalue weighted by molar-refractivity contribution is 0.949. The molecule has 0 aliphatic carbocycles. The molecule has 0 atom stereocenters. The van der Waals surface area contributed by atoms with Crippen LogP contribution in [0, 0.1) is 16.7 Å². The van der Waals surface area contributed by atoms with Gasteiger partial charge >= 0.3 is 0 Å². The highest BCUT2D eigenvalue weighted by Crippen LogP contribution is 2.31. The first-order chi connectivity index (χ1) is 9.61.